The van der Waals surface area contributed by atoms with Crippen molar-refractivity contribution in [2.75, 3.05) is 6.61 Å². The summed E-state index contributed by atoms with van der Waals surface area (Å²) < 4.78 is 7.45. The highest BCUT2D eigenvalue weighted by Crippen LogP contribution is 2.30. The van der Waals surface area contributed by atoms with Gasteiger partial charge in [-0.2, -0.15) is 5.10 Å². The first-order chi connectivity index (χ1) is 19.9. The van der Waals surface area contributed by atoms with E-state index in [9.17, 15) is 9.90 Å². The van der Waals surface area contributed by atoms with Crippen molar-refractivity contribution < 1.29 is 14.6 Å². The van der Waals surface area contributed by atoms with Crippen LogP contribution in [0.5, 0.6) is 5.75 Å². The second-order valence-corrected chi connectivity index (χ2v) is 10.7. The van der Waals surface area contributed by atoms with Crippen LogP contribution in [0, 0.1) is 0 Å². The molecule has 0 spiro atoms. The second kappa shape index (κ2) is 13.2. The number of ether oxygens (including phenoxy) is 1. The number of aromatic nitrogens is 2. The van der Waals surface area contributed by atoms with Crippen LogP contribution in [0.4, 0.5) is 0 Å². The minimum atomic E-state index is -0.526. The monoisotopic (exact) mass is 605 g/mol. The fourth-order valence-electron chi connectivity index (χ4n) is 4.32. The number of amides is 1. The van der Waals surface area contributed by atoms with Crippen molar-refractivity contribution in [3.05, 3.63) is 135 Å². The van der Waals surface area contributed by atoms with Gasteiger partial charge in [-0.1, -0.05) is 89.4 Å². The smallest absolute Gasteiger partial charge is 0.272 e. The lowest BCUT2D eigenvalue weighted by molar-refractivity contribution is 0.0911. The highest BCUT2D eigenvalue weighted by Gasteiger charge is 2.21. The Bertz CT molecular complexity index is 1620. The van der Waals surface area contributed by atoms with Gasteiger partial charge in [0.25, 0.3) is 5.91 Å². The van der Waals surface area contributed by atoms with Crippen LogP contribution < -0.4 is 10.1 Å². The molecule has 1 amide bonds. The molecular weight excluding hydrogens is 581 g/mol. The van der Waals surface area contributed by atoms with Gasteiger partial charge in [-0.05, 0) is 66.1 Å². The number of hydrogen-bond acceptors (Lipinski definition) is 4. The molecule has 0 saturated heterocycles. The molecule has 41 heavy (non-hydrogen) atoms. The fraction of sp³-hybridized carbons (Fsp3) is 0.125. The highest BCUT2D eigenvalue weighted by atomic mass is 35.5. The average molecular weight is 607 g/mol. The predicted octanol–water partition coefficient (Wildman–Crippen LogP) is 7.41. The van der Waals surface area contributed by atoms with E-state index in [1.54, 1.807) is 41.1 Å². The molecule has 4 aromatic carbocycles. The standard InChI is InChI=1S/C32H26Cl3N3O3/c33-24-10-8-23(9-11-24)31-18-29(37-38(31)30-15-12-25(34)17-28(30)35)32(40)36-26(19-39)16-21-6-13-27(14-7-21)41-20-22-4-2-1-3-5-22/h1-15,17-18,26,39H,16,19-20H2,(H,36,40)/t26-/m0/s1. The lowest BCUT2D eigenvalue weighted by Gasteiger charge is -2.16. The Labute approximate surface area is 253 Å². The molecule has 1 heterocycles. The Balaban J connectivity index is 1.31. The molecule has 1 atom stereocenters. The van der Waals surface area contributed by atoms with E-state index in [4.69, 9.17) is 39.5 Å². The van der Waals surface area contributed by atoms with Crippen molar-refractivity contribution in [2.45, 2.75) is 19.1 Å². The molecule has 2 N–H and O–H groups in total. The number of nitrogens with one attached hydrogen (secondary N) is 1. The summed E-state index contributed by atoms with van der Waals surface area (Å²) in [7, 11) is 0. The summed E-state index contributed by atoms with van der Waals surface area (Å²) in [6.07, 6.45) is 0.426. The number of aliphatic hydroxyl groups is 1. The van der Waals surface area contributed by atoms with E-state index in [0.29, 0.717) is 39.5 Å². The number of rotatable bonds is 10. The highest BCUT2D eigenvalue weighted by molar-refractivity contribution is 6.35. The molecule has 0 aliphatic rings. The third-order valence-electron chi connectivity index (χ3n) is 6.43. The van der Waals surface area contributed by atoms with Gasteiger partial charge in [-0.25, -0.2) is 4.68 Å². The second-order valence-electron chi connectivity index (χ2n) is 9.40. The van der Waals surface area contributed by atoms with Crippen molar-refractivity contribution in [1.82, 2.24) is 15.1 Å². The molecule has 0 aliphatic heterocycles. The summed E-state index contributed by atoms with van der Waals surface area (Å²) in [6, 6.07) is 30.9. The van der Waals surface area contributed by atoms with Gasteiger partial charge >= 0.3 is 0 Å². The van der Waals surface area contributed by atoms with Gasteiger partial charge in [0.2, 0.25) is 0 Å². The summed E-state index contributed by atoms with van der Waals surface area (Å²) in [4.78, 5) is 13.3. The van der Waals surface area contributed by atoms with Gasteiger partial charge in [-0.15, -0.1) is 0 Å². The largest absolute Gasteiger partial charge is 0.489 e. The normalized spacial score (nSPS) is 11.7. The topological polar surface area (TPSA) is 76.4 Å². The first-order valence-corrected chi connectivity index (χ1v) is 14.0. The number of carbonyl (C=O) groups is 1. The molecule has 5 rings (SSSR count). The van der Waals surface area contributed by atoms with E-state index in [0.717, 1.165) is 22.4 Å². The summed E-state index contributed by atoms with van der Waals surface area (Å²) in [5.74, 6) is 0.314. The van der Waals surface area contributed by atoms with Crippen LogP contribution in [0.3, 0.4) is 0 Å². The van der Waals surface area contributed by atoms with Crippen LogP contribution >= 0.6 is 34.8 Å². The van der Waals surface area contributed by atoms with E-state index in [-0.39, 0.29) is 12.3 Å². The van der Waals surface area contributed by atoms with Crippen LogP contribution in [0.15, 0.2) is 103 Å². The van der Waals surface area contributed by atoms with Gasteiger partial charge in [-0.3, -0.25) is 4.79 Å². The molecule has 0 fully saturated rings. The van der Waals surface area contributed by atoms with E-state index in [1.807, 2.05) is 66.7 Å². The number of aliphatic hydroxyl groups excluding tert-OH is 1. The van der Waals surface area contributed by atoms with Crippen LogP contribution in [-0.4, -0.2) is 33.4 Å². The molecule has 0 unspecified atom stereocenters. The van der Waals surface area contributed by atoms with Crippen LogP contribution in [0.2, 0.25) is 15.1 Å². The SMILES string of the molecule is O=C(N[C@H](CO)Cc1ccc(OCc2ccccc2)cc1)c1cc(-c2ccc(Cl)cc2)n(-c2ccc(Cl)cc2Cl)n1. The first-order valence-electron chi connectivity index (χ1n) is 12.9. The molecule has 0 radical (unpaired) electrons. The van der Waals surface area contributed by atoms with Crippen molar-refractivity contribution in [1.29, 1.82) is 0 Å². The molecule has 0 saturated carbocycles. The predicted molar refractivity (Wildman–Crippen MR) is 163 cm³/mol. The van der Waals surface area contributed by atoms with Gasteiger partial charge < -0.3 is 15.2 Å². The molecule has 5 aromatic rings. The summed E-state index contributed by atoms with van der Waals surface area (Å²) >= 11 is 18.7. The van der Waals surface area contributed by atoms with Crippen LogP contribution in [0.25, 0.3) is 16.9 Å². The average Bonchev–Trinajstić information content (AvgIpc) is 3.42. The maximum atomic E-state index is 13.3. The Morgan fingerprint density at radius 3 is 2.24 bits per heavy atom. The Kier molecular flexibility index (Phi) is 9.27. The van der Waals surface area contributed by atoms with Crippen molar-refractivity contribution in [2.24, 2.45) is 0 Å². The maximum Gasteiger partial charge on any atom is 0.272 e. The number of halogens is 3. The minimum Gasteiger partial charge on any atom is -0.489 e. The van der Waals surface area contributed by atoms with Gasteiger partial charge in [0.1, 0.15) is 12.4 Å². The van der Waals surface area contributed by atoms with E-state index < -0.39 is 11.9 Å². The van der Waals surface area contributed by atoms with Crippen LogP contribution in [-0.2, 0) is 13.0 Å². The zero-order valence-electron chi connectivity index (χ0n) is 21.8. The molecule has 6 nitrogen and oxygen atoms in total. The van der Waals surface area contributed by atoms with Gasteiger partial charge in [0.15, 0.2) is 5.69 Å². The first kappa shape index (κ1) is 28.7. The van der Waals surface area contributed by atoms with E-state index >= 15 is 0 Å². The molecule has 0 aliphatic carbocycles. The summed E-state index contributed by atoms with van der Waals surface area (Å²) in [6.45, 7) is 0.229. The molecule has 208 valence electrons. The Morgan fingerprint density at radius 1 is 0.854 bits per heavy atom. The zero-order valence-corrected chi connectivity index (χ0v) is 24.1. The molecule has 1 aromatic heterocycles. The van der Waals surface area contributed by atoms with E-state index in [2.05, 4.69) is 10.4 Å². The van der Waals surface area contributed by atoms with Crippen molar-refractivity contribution >= 4 is 40.7 Å². The Hall–Kier alpha value is -3.81. The Morgan fingerprint density at radius 2 is 1.56 bits per heavy atom. The van der Waals surface area contributed by atoms with E-state index in [1.165, 1.54) is 0 Å². The number of hydrogen-bond donors (Lipinski definition) is 2. The summed E-state index contributed by atoms with van der Waals surface area (Å²) in [5, 5.41) is 19.0. The van der Waals surface area contributed by atoms with Crippen molar-refractivity contribution in [3.63, 3.8) is 0 Å². The maximum absolute atomic E-state index is 13.3. The fourth-order valence-corrected chi connectivity index (χ4v) is 4.94. The molecular formula is C32H26Cl3N3O3. The molecule has 0 bridgehead atoms. The van der Waals surface area contributed by atoms with Gasteiger partial charge in [0.05, 0.1) is 29.1 Å². The van der Waals surface area contributed by atoms with Crippen LogP contribution in [0.1, 0.15) is 21.6 Å². The quantitative estimate of drug-likeness (QED) is 0.174. The molecule has 9 heteroatoms. The summed E-state index contributed by atoms with van der Waals surface area (Å²) in [5.41, 5.74) is 4.19. The zero-order chi connectivity index (χ0) is 28.8. The minimum absolute atomic E-state index is 0.170. The third-order valence-corrected chi connectivity index (χ3v) is 7.22. The number of carbonyl (C=O) groups excluding carboxylic acids is 1. The number of benzene rings is 4. The number of nitrogens with zero attached hydrogens (tertiary/aromatic N) is 2. The lowest BCUT2D eigenvalue weighted by Crippen LogP contribution is -2.39. The lowest BCUT2D eigenvalue weighted by atomic mass is 10.1. The van der Waals surface area contributed by atoms with Crippen molar-refractivity contribution in [3.8, 4) is 22.7 Å². The third kappa shape index (κ3) is 7.29. The van der Waals surface area contributed by atoms with Gasteiger partial charge in [0, 0.05) is 15.6 Å².